The molecule has 4 nitrogen and oxygen atoms in total. The van der Waals surface area contributed by atoms with E-state index in [1.165, 1.54) is 69.8 Å². The molecule has 3 heterocycles. The Bertz CT molecular complexity index is 4100. The molecule has 0 spiro atoms. The molecule has 0 fully saturated rings. The van der Waals surface area contributed by atoms with Crippen molar-refractivity contribution in [3.63, 3.8) is 0 Å². The summed E-state index contributed by atoms with van der Waals surface area (Å²) in [4.78, 5) is 16.0. The average molecular weight is 897 g/mol. The fraction of sp³-hybridized carbons (Fsp3) is 0.0156. The highest BCUT2D eigenvalue weighted by atomic mass is 32.1. The number of fused-ring (bicyclic) bond motifs is 10. The Labute approximate surface area is 403 Å². The van der Waals surface area contributed by atoms with Crippen molar-refractivity contribution < 1.29 is 0 Å². The topological polar surface area (TPSA) is 43.6 Å². The van der Waals surface area contributed by atoms with Gasteiger partial charge in [0.1, 0.15) is 0 Å². The van der Waals surface area contributed by atoms with E-state index in [9.17, 15) is 0 Å². The maximum atomic E-state index is 5.42. The summed E-state index contributed by atoms with van der Waals surface area (Å²) in [5.74, 6) is 1.88. The maximum Gasteiger partial charge on any atom is 0.164 e. The molecular weight excluding hydrogens is 857 g/mol. The lowest BCUT2D eigenvalue weighted by atomic mass is 9.67. The van der Waals surface area contributed by atoms with E-state index in [1.807, 2.05) is 29.5 Å². The lowest BCUT2D eigenvalue weighted by Crippen LogP contribution is -2.28. The molecule has 3 aromatic heterocycles. The molecule has 0 radical (unpaired) electrons. The zero-order valence-electron chi connectivity index (χ0n) is 37.3. The highest BCUT2D eigenvalue weighted by molar-refractivity contribution is 7.26. The Balaban J connectivity index is 0.930. The fourth-order valence-corrected chi connectivity index (χ4v) is 12.5. The fourth-order valence-electron chi connectivity index (χ4n) is 11.2. The summed E-state index contributed by atoms with van der Waals surface area (Å²) < 4.78 is 5.06. The smallest absolute Gasteiger partial charge is 0.164 e. The van der Waals surface area contributed by atoms with Gasteiger partial charge in [-0.2, -0.15) is 0 Å². The van der Waals surface area contributed by atoms with Crippen molar-refractivity contribution in [1.82, 2.24) is 19.5 Å². The second kappa shape index (κ2) is 15.7. The van der Waals surface area contributed by atoms with Crippen molar-refractivity contribution in [1.29, 1.82) is 0 Å². The van der Waals surface area contributed by atoms with E-state index >= 15 is 0 Å². The zero-order valence-corrected chi connectivity index (χ0v) is 38.1. The molecule has 69 heavy (non-hydrogen) atoms. The lowest BCUT2D eigenvalue weighted by molar-refractivity contribution is 0.768. The number of benzene rings is 10. The first-order chi connectivity index (χ1) is 34.2. The Kier molecular flexibility index (Phi) is 8.95. The van der Waals surface area contributed by atoms with Crippen molar-refractivity contribution in [3.8, 4) is 62.1 Å². The van der Waals surface area contributed by atoms with Crippen LogP contribution in [0.15, 0.2) is 243 Å². The predicted molar refractivity (Wildman–Crippen MR) is 286 cm³/mol. The van der Waals surface area contributed by atoms with Gasteiger partial charge in [0.25, 0.3) is 0 Å². The normalized spacial score (nSPS) is 12.8. The monoisotopic (exact) mass is 896 g/mol. The molecule has 10 aromatic carbocycles. The van der Waals surface area contributed by atoms with E-state index in [1.54, 1.807) is 0 Å². The third-order valence-electron chi connectivity index (χ3n) is 14.1. The first-order valence-corrected chi connectivity index (χ1v) is 24.2. The summed E-state index contributed by atoms with van der Waals surface area (Å²) in [7, 11) is 0. The number of thiophene rings is 1. The molecule has 13 aromatic rings. The van der Waals surface area contributed by atoms with Crippen LogP contribution in [0.1, 0.15) is 22.3 Å². The van der Waals surface area contributed by atoms with Crippen LogP contribution >= 0.6 is 11.3 Å². The van der Waals surface area contributed by atoms with Crippen molar-refractivity contribution in [3.05, 3.63) is 265 Å². The first-order valence-electron chi connectivity index (χ1n) is 23.4. The van der Waals surface area contributed by atoms with E-state index in [-0.39, 0.29) is 0 Å². The van der Waals surface area contributed by atoms with Crippen LogP contribution in [0, 0.1) is 0 Å². The SMILES string of the molecule is c1ccc(-c2nc(-c3cccc(-c4cccc(-n5c6ccccc6c6c7sc8ccccc8c7ccc65)c4)c3)nc(-c3cccc4c3-c3ccccc3C4(c3ccccc3)c3ccccc3)n2)cc1. The minimum atomic E-state index is -0.546. The van der Waals surface area contributed by atoms with Crippen LogP contribution in [0.4, 0.5) is 0 Å². The second-order valence-electron chi connectivity index (χ2n) is 17.8. The van der Waals surface area contributed by atoms with Gasteiger partial charge in [0.2, 0.25) is 0 Å². The van der Waals surface area contributed by atoms with Gasteiger partial charge in [0, 0.05) is 53.3 Å². The van der Waals surface area contributed by atoms with E-state index in [0.29, 0.717) is 17.5 Å². The Morgan fingerprint density at radius 1 is 0.362 bits per heavy atom. The van der Waals surface area contributed by atoms with Gasteiger partial charge in [-0.1, -0.05) is 206 Å². The van der Waals surface area contributed by atoms with Crippen LogP contribution in [0.5, 0.6) is 0 Å². The van der Waals surface area contributed by atoms with Crippen LogP contribution in [-0.2, 0) is 5.41 Å². The quantitative estimate of drug-likeness (QED) is 0.160. The summed E-state index contributed by atoms with van der Waals surface area (Å²) >= 11 is 1.88. The van der Waals surface area contributed by atoms with Gasteiger partial charge in [-0.3, -0.25) is 0 Å². The highest BCUT2D eigenvalue weighted by Crippen LogP contribution is 2.58. The molecule has 0 amide bonds. The molecule has 5 heteroatoms. The molecule has 0 unspecified atom stereocenters. The zero-order chi connectivity index (χ0) is 45.5. The van der Waals surface area contributed by atoms with Gasteiger partial charge < -0.3 is 4.57 Å². The summed E-state index contributed by atoms with van der Waals surface area (Å²) in [5.41, 5.74) is 15.2. The van der Waals surface area contributed by atoms with Crippen LogP contribution < -0.4 is 0 Å². The van der Waals surface area contributed by atoms with E-state index in [4.69, 9.17) is 15.0 Å². The number of hydrogen-bond acceptors (Lipinski definition) is 4. The van der Waals surface area contributed by atoms with E-state index in [0.717, 1.165) is 39.1 Å². The Morgan fingerprint density at radius 3 is 1.72 bits per heavy atom. The van der Waals surface area contributed by atoms with Crippen LogP contribution in [0.25, 0.3) is 104 Å². The molecule has 0 saturated heterocycles. The van der Waals surface area contributed by atoms with Crippen molar-refractivity contribution >= 4 is 53.3 Å². The minimum absolute atomic E-state index is 0.546. The Morgan fingerprint density at radius 2 is 0.928 bits per heavy atom. The minimum Gasteiger partial charge on any atom is -0.309 e. The van der Waals surface area contributed by atoms with E-state index < -0.39 is 5.41 Å². The third kappa shape index (κ3) is 6.04. The molecule has 0 aliphatic heterocycles. The maximum absolute atomic E-state index is 5.42. The molecule has 14 rings (SSSR count). The molecule has 322 valence electrons. The third-order valence-corrected chi connectivity index (χ3v) is 15.3. The van der Waals surface area contributed by atoms with Gasteiger partial charge in [-0.25, -0.2) is 15.0 Å². The number of aromatic nitrogens is 4. The van der Waals surface area contributed by atoms with Gasteiger partial charge >= 0.3 is 0 Å². The molecule has 1 aliphatic rings. The first kappa shape index (κ1) is 39.4. The molecule has 0 bridgehead atoms. The molecule has 0 N–H and O–H groups in total. The number of nitrogens with zero attached hydrogens (tertiary/aromatic N) is 4. The number of hydrogen-bond donors (Lipinski definition) is 0. The second-order valence-corrected chi connectivity index (χ2v) is 18.9. The predicted octanol–water partition coefficient (Wildman–Crippen LogP) is 16.4. The van der Waals surface area contributed by atoms with Crippen LogP contribution in [-0.4, -0.2) is 19.5 Å². The molecule has 0 atom stereocenters. The Hall–Kier alpha value is -8.77. The van der Waals surface area contributed by atoms with Crippen LogP contribution in [0.2, 0.25) is 0 Å². The summed E-state index contributed by atoms with van der Waals surface area (Å²) in [6.07, 6.45) is 0. The highest BCUT2D eigenvalue weighted by Gasteiger charge is 2.47. The molecular formula is C64H40N4S. The standard InChI is InChI=1S/C64H40N4S/c1-4-19-41(20-5-1)61-65-62(67-63(66-61)52-32-18-34-54-58(52)50-30-10-13-33-53(50)64(54,45-24-6-2-7-25-45)46-26-8-3-9-27-46)44-23-16-21-42(39-44)43-22-17-28-47(40-43)68-55-35-14-11-31-51(55)59-56(68)38-37-49-48-29-12-15-36-57(48)69-60(49)59/h1-40H. The van der Waals surface area contributed by atoms with Crippen LogP contribution in [0.3, 0.4) is 0 Å². The summed E-state index contributed by atoms with van der Waals surface area (Å²) in [5, 5.41) is 5.18. The van der Waals surface area contributed by atoms with Gasteiger partial charge in [-0.15, -0.1) is 11.3 Å². The largest absolute Gasteiger partial charge is 0.309 e. The molecule has 0 saturated carbocycles. The van der Waals surface area contributed by atoms with Gasteiger partial charge in [0.15, 0.2) is 17.5 Å². The summed E-state index contributed by atoms with van der Waals surface area (Å²) in [6, 6.07) is 87.3. The molecule has 1 aliphatic carbocycles. The van der Waals surface area contributed by atoms with Gasteiger partial charge in [-0.05, 0) is 80.9 Å². The average Bonchev–Trinajstić information content (AvgIpc) is 4.08. The van der Waals surface area contributed by atoms with Crippen molar-refractivity contribution in [2.24, 2.45) is 0 Å². The van der Waals surface area contributed by atoms with E-state index in [2.05, 4.69) is 229 Å². The van der Waals surface area contributed by atoms with Crippen molar-refractivity contribution in [2.75, 3.05) is 0 Å². The lowest BCUT2D eigenvalue weighted by Gasteiger charge is -2.33. The number of rotatable bonds is 7. The van der Waals surface area contributed by atoms with Crippen molar-refractivity contribution in [2.45, 2.75) is 5.41 Å². The number of para-hydroxylation sites is 1. The summed E-state index contributed by atoms with van der Waals surface area (Å²) in [6.45, 7) is 0. The van der Waals surface area contributed by atoms with Gasteiger partial charge in [0.05, 0.1) is 16.4 Å².